The minimum absolute atomic E-state index is 0.0892. The van der Waals surface area contributed by atoms with Gasteiger partial charge in [-0.1, -0.05) is 59.3 Å². The number of carbonyl (C=O) groups is 1. The van der Waals surface area contributed by atoms with Gasteiger partial charge in [-0.25, -0.2) is 0 Å². The average molecular weight is 267 g/mol. The van der Waals surface area contributed by atoms with E-state index in [1.807, 2.05) is 0 Å². The molecule has 0 saturated carbocycles. The quantitative estimate of drug-likeness (QED) is 0.551. The molecule has 112 valence electrons. The monoisotopic (exact) mass is 267 g/mol. The smallest absolute Gasteiger partial charge is 0.228 e. The Hall–Kier alpha value is -0.530. The molecule has 2 nitrogen and oxygen atoms in total. The van der Waals surface area contributed by atoms with E-state index < -0.39 is 0 Å². The van der Waals surface area contributed by atoms with Crippen LogP contribution in [0.5, 0.6) is 0 Å². The van der Waals surface area contributed by atoms with Crippen molar-refractivity contribution in [3.05, 3.63) is 0 Å². The lowest BCUT2D eigenvalue weighted by molar-refractivity contribution is -0.141. The number of amides is 1. The molecule has 1 heterocycles. The van der Waals surface area contributed by atoms with Crippen LogP contribution in [0.3, 0.4) is 0 Å². The summed E-state index contributed by atoms with van der Waals surface area (Å²) in [6.07, 6.45) is 12.0. The van der Waals surface area contributed by atoms with E-state index in [4.69, 9.17) is 0 Å². The summed E-state index contributed by atoms with van der Waals surface area (Å²) >= 11 is 0. The van der Waals surface area contributed by atoms with Crippen molar-refractivity contribution in [1.29, 1.82) is 0 Å². The van der Waals surface area contributed by atoms with E-state index in [2.05, 4.69) is 25.7 Å². The molecule has 2 heteroatoms. The standard InChI is InChI=1S/C17H33NO/c1-4-6-8-9-13-17(3,12-7-5-2)16(19)18-14-10-11-15-18/h4-15H2,1-3H3. The van der Waals surface area contributed by atoms with Gasteiger partial charge in [-0.15, -0.1) is 0 Å². The van der Waals surface area contributed by atoms with E-state index in [1.54, 1.807) is 0 Å². The first-order valence-electron chi connectivity index (χ1n) is 8.43. The molecule has 19 heavy (non-hydrogen) atoms. The third kappa shape index (κ3) is 5.16. The maximum atomic E-state index is 12.8. The summed E-state index contributed by atoms with van der Waals surface area (Å²) in [4.78, 5) is 14.9. The van der Waals surface area contributed by atoms with Gasteiger partial charge in [0.2, 0.25) is 5.91 Å². The van der Waals surface area contributed by atoms with Crippen LogP contribution in [0.2, 0.25) is 0 Å². The molecule has 1 atom stereocenters. The van der Waals surface area contributed by atoms with Crippen LogP contribution in [-0.4, -0.2) is 23.9 Å². The lowest BCUT2D eigenvalue weighted by atomic mass is 9.78. The van der Waals surface area contributed by atoms with E-state index in [0.717, 1.165) is 25.9 Å². The topological polar surface area (TPSA) is 20.3 Å². The molecule has 1 aliphatic heterocycles. The second kappa shape index (κ2) is 8.60. The normalized spacial score (nSPS) is 18.6. The van der Waals surface area contributed by atoms with Crippen molar-refractivity contribution in [2.24, 2.45) is 5.41 Å². The molecule has 0 aromatic rings. The summed E-state index contributed by atoms with van der Waals surface area (Å²) in [5.74, 6) is 0.440. The highest BCUT2D eigenvalue weighted by Gasteiger charge is 2.36. The highest BCUT2D eigenvalue weighted by atomic mass is 16.2. The van der Waals surface area contributed by atoms with Crippen LogP contribution < -0.4 is 0 Å². The van der Waals surface area contributed by atoms with Gasteiger partial charge in [0.25, 0.3) is 0 Å². The van der Waals surface area contributed by atoms with Gasteiger partial charge in [-0.3, -0.25) is 4.79 Å². The molecule has 0 aromatic heterocycles. The molecule has 1 rings (SSSR count). The Kier molecular flexibility index (Phi) is 7.48. The highest BCUT2D eigenvalue weighted by molar-refractivity contribution is 5.82. The summed E-state index contributed by atoms with van der Waals surface area (Å²) in [5.41, 5.74) is -0.0892. The van der Waals surface area contributed by atoms with Crippen molar-refractivity contribution in [2.45, 2.75) is 85.0 Å². The van der Waals surface area contributed by atoms with Crippen LogP contribution in [0.4, 0.5) is 0 Å². The molecule has 1 unspecified atom stereocenters. The Balaban J connectivity index is 2.53. The SMILES string of the molecule is CCCCCCC(C)(CCCC)C(=O)N1CCCC1. The van der Waals surface area contributed by atoms with Crippen molar-refractivity contribution in [2.75, 3.05) is 13.1 Å². The number of nitrogens with zero attached hydrogens (tertiary/aromatic N) is 1. The van der Waals surface area contributed by atoms with Gasteiger partial charge in [0.05, 0.1) is 0 Å². The van der Waals surface area contributed by atoms with Crippen molar-refractivity contribution >= 4 is 5.91 Å². The lowest BCUT2D eigenvalue weighted by Gasteiger charge is -2.33. The number of hydrogen-bond acceptors (Lipinski definition) is 1. The second-order valence-corrected chi connectivity index (χ2v) is 6.47. The molecule has 1 fully saturated rings. The highest BCUT2D eigenvalue weighted by Crippen LogP contribution is 2.34. The van der Waals surface area contributed by atoms with E-state index in [-0.39, 0.29) is 5.41 Å². The first-order chi connectivity index (χ1) is 9.14. The molecular formula is C17H33NO. The minimum Gasteiger partial charge on any atom is -0.342 e. The largest absolute Gasteiger partial charge is 0.342 e. The number of hydrogen-bond donors (Lipinski definition) is 0. The Bertz CT molecular complexity index is 258. The number of unbranched alkanes of at least 4 members (excludes halogenated alkanes) is 4. The van der Waals surface area contributed by atoms with E-state index in [9.17, 15) is 4.79 Å². The van der Waals surface area contributed by atoms with Gasteiger partial charge < -0.3 is 4.90 Å². The molecule has 1 aliphatic rings. The van der Waals surface area contributed by atoms with Crippen LogP contribution in [0.15, 0.2) is 0 Å². The summed E-state index contributed by atoms with van der Waals surface area (Å²) in [6, 6.07) is 0. The molecule has 1 amide bonds. The Morgan fingerprint density at radius 2 is 1.53 bits per heavy atom. The summed E-state index contributed by atoms with van der Waals surface area (Å²) in [5, 5.41) is 0. The predicted octanol–water partition coefficient (Wildman–Crippen LogP) is 4.78. The summed E-state index contributed by atoms with van der Waals surface area (Å²) in [6.45, 7) is 8.67. The molecular weight excluding hydrogens is 234 g/mol. The van der Waals surface area contributed by atoms with Gasteiger partial charge >= 0.3 is 0 Å². The zero-order chi connectivity index (χ0) is 14.1. The fourth-order valence-corrected chi connectivity index (χ4v) is 3.15. The summed E-state index contributed by atoms with van der Waals surface area (Å²) in [7, 11) is 0. The maximum Gasteiger partial charge on any atom is 0.228 e. The zero-order valence-electron chi connectivity index (χ0n) is 13.3. The molecule has 0 aromatic carbocycles. The van der Waals surface area contributed by atoms with E-state index in [1.165, 1.54) is 51.4 Å². The molecule has 1 saturated heterocycles. The second-order valence-electron chi connectivity index (χ2n) is 6.47. The van der Waals surface area contributed by atoms with Crippen molar-refractivity contribution in [3.63, 3.8) is 0 Å². The third-order valence-corrected chi connectivity index (χ3v) is 4.57. The first kappa shape index (κ1) is 16.5. The lowest BCUT2D eigenvalue weighted by Crippen LogP contribution is -2.41. The van der Waals surface area contributed by atoms with Crippen LogP contribution in [0.1, 0.15) is 85.0 Å². The number of likely N-dealkylation sites (tertiary alicyclic amines) is 1. The van der Waals surface area contributed by atoms with Crippen LogP contribution >= 0.6 is 0 Å². The Labute approximate surface area is 119 Å². The Morgan fingerprint density at radius 1 is 0.947 bits per heavy atom. The van der Waals surface area contributed by atoms with Gasteiger partial charge in [-0.2, -0.15) is 0 Å². The summed E-state index contributed by atoms with van der Waals surface area (Å²) < 4.78 is 0. The van der Waals surface area contributed by atoms with Gasteiger partial charge in [0, 0.05) is 18.5 Å². The molecule has 0 bridgehead atoms. The maximum absolute atomic E-state index is 12.8. The van der Waals surface area contributed by atoms with Gasteiger partial charge in [-0.05, 0) is 25.7 Å². The zero-order valence-corrected chi connectivity index (χ0v) is 13.3. The fourth-order valence-electron chi connectivity index (χ4n) is 3.15. The average Bonchev–Trinajstić information content (AvgIpc) is 2.94. The minimum atomic E-state index is -0.0892. The van der Waals surface area contributed by atoms with Crippen molar-refractivity contribution in [1.82, 2.24) is 4.90 Å². The van der Waals surface area contributed by atoms with Crippen molar-refractivity contribution in [3.8, 4) is 0 Å². The third-order valence-electron chi connectivity index (χ3n) is 4.57. The predicted molar refractivity (Wildman–Crippen MR) is 82.2 cm³/mol. The van der Waals surface area contributed by atoms with Gasteiger partial charge in [0.15, 0.2) is 0 Å². The van der Waals surface area contributed by atoms with Gasteiger partial charge in [0.1, 0.15) is 0 Å². The molecule has 0 aliphatic carbocycles. The van der Waals surface area contributed by atoms with Crippen LogP contribution in [0.25, 0.3) is 0 Å². The molecule has 0 spiro atoms. The van der Waals surface area contributed by atoms with Crippen LogP contribution in [-0.2, 0) is 4.79 Å². The van der Waals surface area contributed by atoms with Crippen molar-refractivity contribution < 1.29 is 4.79 Å². The van der Waals surface area contributed by atoms with E-state index in [0.29, 0.717) is 5.91 Å². The molecule has 0 radical (unpaired) electrons. The molecule has 0 N–H and O–H groups in total. The number of rotatable bonds is 9. The number of carbonyl (C=O) groups excluding carboxylic acids is 1. The Morgan fingerprint density at radius 3 is 2.11 bits per heavy atom. The van der Waals surface area contributed by atoms with E-state index >= 15 is 0 Å². The van der Waals surface area contributed by atoms with Crippen LogP contribution in [0, 0.1) is 5.41 Å². The fraction of sp³-hybridized carbons (Fsp3) is 0.941. The first-order valence-corrected chi connectivity index (χ1v) is 8.43.